The third kappa shape index (κ3) is 3.11. The van der Waals surface area contributed by atoms with Gasteiger partial charge >= 0.3 is 6.47 Å². The Morgan fingerprint density at radius 1 is 1.46 bits per heavy atom. The molecule has 0 unspecified atom stereocenters. The highest BCUT2D eigenvalue weighted by Gasteiger charge is 1.99. The standard InChI is InChI=1S/C10H11O2S/c1-13-10-5-3-2-4-9(10)6-7-12-8-11/h2-5H,6-7H2,1H3. The lowest BCUT2D eigenvalue weighted by Crippen LogP contribution is -1.97. The highest BCUT2D eigenvalue weighted by molar-refractivity contribution is 7.98. The lowest BCUT2D eigenvalue weighted by Gasteiger charge is -2.04. The highest BCUT2D eigenvalue weighted by atomic mass is 32.2. The minimum absolute atomic E-state index is 0.404. The summed E-state index contributed by atoms with van der Waals surface area (Å²) in [7, 11) is 0. The Bertz CT molecular complexity index is 273. The fraction of sp³-hybridized carbons (Fsp3) is 0.300. The maximum absolute atomic E-state index is 9.80. The molecule has 0 heterocycles. The second kappa shape index (κ2) is 5.65. The van der Waals surface area contributed by atoms with E-state index in [1.807, 2.05) is 24.5 Å². The van der Waals surface area contributed by atoms with Crippen LogP contribution < -0.4 is 0 Å². The van der Waals surface area contributed by atoms with Gasteiger partial charge in [0, 0.05) is 11.3 Å². The number of carbonyl (C=O) groups excluding carboxylic acids is 1. The number of benzene rings is 1. The number of rotatable bonds is 5. The van der Waals surface area contributed by atoms with Gasteiger partial charge in [0.2, 0.25) is 0 Å². The molecule has 0 saturated heterocycles. The van der Waals surface area contributed by atoms with Gasteiger partial charge in [0.05, 0.1) is 6.61 Å². The smallest absolute Gasteiger partial charge is 0.417 e. The second-order valence-electron chi connectivity index (χ2n) is 2.49. The summed E-state index contributed by atoms with van der Waals surface area (Å²) in [6, 6.07) is 8.09. The van der Waals surface area contributed by atoms with Gasteiger partial charge in [-0.2, -0.15) is 0 Å². The van der Waals surface area contributed by atoms with Crippen LogP contribution in [0.25, 0.3) is 0 Å². The molecule has 0 aliphatic carbocycles. The zero-order valence-corrected chi connectivity index (χ0v) is 8.26. The zero-order valence-electron chi connectivity index (χ0n) is 7.45. The first-order valence-electron chi connectivity index (χ1n) is 3.99. The molecule has 1 rings (SSSR count). The van der Waals surface area contributed by atoms with Crippen LogP contribution in [-0.4, -0.2) is 19.3 Å². The minimum Gasteiger partial charge on any atom is -0.457 e. The molecule has 0 spiro atoms. The van der Waals surface area contributed by atoms with Crippen LogP contribution in [0.2, 0.25) is 0 Å². The summed E-state index contributed by atoms with van der Waals surface area (Å²) in [6.07, 6.45) is 2.79. The topological polar surface area (TPSA) is 26.3 Å². The molecule has 0 aromatic heterocycles. The van der Waals surface area contributed by atoms with Crippen LogP contribution in [0.1, 0.15) is 5.56 Å². The van der Waals surface area contributed by atoms with Gasteiger partial charge in [0.1, 0.15) is 0 Å². The van der Waals surface area contributed by atoms with E-state index in [1.54, 1.807) is 11.8 Å². The van der Waals surface area contributed by atoms with Crippen molar-refractivity contribution in [2.45, 2.75) is 11.3 Å². The van der Waals surface area contributed by atoms with Crippen LogP contribution in [0.5, 0.6) is 0 Å². The number of hydrogen-bond donors (Lipinski definition) is 0. The molecule has 3 heteroatoms. The number of ether oxygens (including phenoxy) is 1. The Morgan fingerprint density at radius 2 is 2.23 bits per heavy atom. The Balaban J connectivity index is 2.58. The van der Waals surface area contributed by atoms with E-state index in [9.17, 15) is 4.79 Å². The molecule has 0 bridgehead atoms. The van der Waals surface area contributed by atoms with E-state index in [2.05, 4.69) is 10.8 Å². The molecule has 0 fully saturated rings. The molecule has 0 amide bonds. The van der Waals surface area contributed by atoms with Crippen LogP contribution in [0.15, 0.2) is 29.2 Å². The average molecular weight is 195 g/mol. The lowest BCUT2D eigenvalue weighted by molar-refractivity contribution is 0.281. The molecular weight excluding hydrogens is 184 g/mol. The fourth-order valence-corrected chi connectivity index (χ4v) is 1.76. The number of hydrogen-bond acceptors (Lipinski definition) is 3. The van der Waals surface area contributed by atoms with Crippen molar-refractivity contribution in [3.8, 4) is 0 Å². The quantitative estimate of drug-likeness (QED) is 0.531. The summed E-state index contributed by atoms with van der Waals surface area (Å²) < 4.78 is 4.52. The first-order chi connectivity index (χ1) is 6.38. The van der Waals surface area contributed by atoms with Gasteiger partial charge < -0.3 is 4.74 Å². The van der Waals surface area contributed by atoms with Crippen LogP contribution in [0, 0.1) is 0 Å². The molecule has 2 nitrogen and oxygen atoms in total. The summed E-state index contributed by atoms with van der Waals surface area (Å²) in [5, 5.41) is 0. The Morgan fingerprint density at radius 3 is 2.92 bits per heavy atom. The Labute approximate surface area is 82.3 Å². The SMILES string of the molecule is CSc1ccccc1CCO[C]=O. The molecule has 0 saturated carbocycles. The summed E-state index contributed by atoms with van der Waals surface area (Å²) in [5.41, 5.74) is 1.21. The molecule has 0 N–H and O–H groups in total. The minimum atomic E-state index is 0.404. The summed E-state index contributed by atoms with van der Waals surface area (Å²) in [6.45, 7) is 1.82. The molecule has 0 aliphatic heterocycles. The van der Waals surface area contributed by atoms with Gasteiger partial charge in [-0.3, -0.25) is 0 Å². The van der Waals surface area contributed by atoms with E-state index < -0.39 is 0 Å². The van der Waals surface area contributed by atoms with Crippen LogP contribution in [-0.2, 0) is 16.0 Å². The molecule has 1 aromatic carbocycles. The maximum Gasteiger partial charge on any atom is 0.417 e. The largest absolute Gasteiger partial charge is 0.457 e. The van der Waals surface area contributed by atoms with Crippen molar-refractivity contribution in [2.24, 2.45) is 0 Å². The average Bonchev–Trinajstić information content (AvgIpc) is 2.19. The van der Waals surface area contributed by atoms with Crippen LogP contribution in [0.4, 0.5) is 0 Å². The van der Waals surface area contributed by atoms with Gasteiger partial charge in [0.15, 0.2) is 0 Å². The molecule has 1 radical (unpaired) electrons. The molecule has 13 heavy (non-hydrogen) atoms. The van der Waals surface area contributed by atoms with Gasteiger partial charge in [-0.05, 0) is 17.9 Å². The van der Waals surface area contributed by atoms with Gasteiger partial charge in [-0.1, -0.05) is 18.2 Å². The third-order valence-corrected chi connectivity index (χ3v) is 2.56. The van der Waals surface area contributed by atoms with Crippen LogP contribution >= 0.6 is 11.8 Å². The molecule has 0 atom stereocenters. The number of thioether (sulfide) groups is 1. The summed E-state index contributed by atoms with van der Waals surface area (Å²) in [5.74, 6) is 0. The zero-order chi connectivity index (χ0) is 9.52. The molecule has 69 valence electrons. The second-order valence-corrected chi connectivity index (χ2v) is 3.34. The van der Waals surface area contributed by atoms with Crippen molar-refractivity contribution in [3.63, 3.8) is 0 Å². The van der Waals surface area contributed by atoms with Gasteiger partial charge in [0.25, 0.3) is 0 Å². The predicted molar refractivity (Wildman–Crippen MR) is 53.6 cm³/mol. The third-order valence-electron chi connectivity index (χ3n) is 1.72. The van der Waals surface area contributed by atoms with E-state index in [0.717, 1.165) is 6.42 Å². The van der Waals surface area contributed by atoms with E-state index in [-0.39, 0.29) is 0 Å². The molecule has 1 aromatic rings. The normalized spacial score (nSPS) is 9.62. The van der Waals surface area contributed by atoms with Crippen molar-refractivity contribution in [1.29, 1.82) is 0 Å². The van der Waals surface area contributed by atoms with E-state index in [4.69, 9.17) is 0 Å². The first-order valence-corrected chi connectivity index (χ1v) is 5.21. The highest BCUT2D eigenvalue weighted by Crippen LogP contribution is 2.19. The summed E-state index contributed by atoms with van der Waals surface area (Å²) in [4.78, 5) is 11.0. The fourth-order valence-electron chi connectivity index (χ4n) is 1.11. The van der Waals surface area contributed by atoms with E-state index in [1.165, 1.54) is 16.9 Å². The Hall–Kier alpha value is -0.960. The predicted octanol–water partition coefficient (Wildman–Crippen LogP) is 2.03. The maximum atomic E-state index is 9.80. The lowest BCUT2D eigenvalue weighted by atomic mass is 10.2. The monoisotopic (exact) mass is 195 g/mol. The van der Waals surface area contributed by atoms with Crippen molar-refractivity contribution in [3.05, 3.63) is 29.8 Å². The summed E-state index contributed by atoms with van der Waals surface area (Å²) >= 11 is 1.70. The van der Waals surface area contributed by atoms with Crippen molar-refractivity contribution in [2.75, 3.05) is 12.9 Å². The molecular formula is C10H11O2S. The first kappa shape index (κ1) is 10.1. The van der Waals surface area contributed by atoms with Crippen LogP contribution in [0.3, 0.4) is 0 Å². The van der Waals surface area contributed by atoms with Crippen molar-refractivity contribution in [1.82, 2.24) is 0 Å². The van der Waals surface area contributed by atoms with Crippen molar-refractivity contribution < 1.29 is 9.53 Å². The van der Waals surface area contributed by atoms with Gasteiger partial charge in [-0.25, -0.2) is 4.79 Å². The van der Waals surface area contributed by atoms with Gasteiger partial charge in [-0.15, -0.1) is 11.8 Å². The Kier molecular flexibility index (Phi) is 4.40. The molecule has 0 aliphatic rings. The van der Waals surface area contributed by atoms with Crippen molar-refractivity contribution >= 4 is 18.2 Å². The van der Waals surface area contributed by atoms with E-state index in [0.29, 0.717) is 6.61 Å². The van der Waals surface area contributed by atoms with E-state index >= 15 is 0 Å².